The number of aromatic nitrogens is 3. The van der Waals surface area contributed by atoms with Crippen LogP contribution >= 0.6 is 0 Å². The SMILES string of the molecule is CCCCc1ccc(Nc2ncnc(Nc3cc(C)ccn3)c2[N+](=O)[O-])cc1. The number of nitro groups is 1. The van der Waals surface area contributed by atoms with E-state index in [4.69, 9.17) is 0 Å². The van der Waals surface area contributed by atoms with Crippen LogP contribution in [-0.2, 0) is 6.42 Å². The van der Waals surface area contributed by atoms with Gasteiger partial charge in [0.2, 0.25) is 11.6 Å². The van der Waals surface area contributed by atoms with Crippen molar-refractivity contribution in [2.45, 2.75) is 33.1 Å². The van der Waals surface area contributed by atoms with Crippen molar-refractivity contribution in [3.8, 4) is 0 Å². The second-order valence-electron chi connectivity index (χ2n) is 6.45. The highest BCUT2D eigenvalue weighted by Crippen LogP contribution is 2.32. The van der Waals surface area contributed by atoms with Gasteiger partial charge < -0.3 is 10.6 Å². The number of hydrogen-bond acceptors (Lipinski definition) is 7. The average Bonchev–Trinajstić information content (AvgIpc) is 2.67. The van der Waals surface area contributed by atoms with Gasteiger partial charge in [0.15, 0.2) is 0 Å². The van der Waals surface area contributed by atoms with Crippen molar-refractivity contribution in [3.05, 3.63) is 70.2 Å². The standard InChI is InChI=1S/C20H22N6O2/c1-3-4-5-15-6-8-16(9-7-15)24-19-18(26(27)28)20(23-13-22-19)25-17-12-14(2)10-11-21-17/h6-13H,3-5H2,1-2H3,(H2,21,22,23,24,25). The predicted molar refractivity (Wildman–Crippen MR) is 109 cm³/mol. The normalized spacial score (nSPS) is 10.5. The lowest BCUT2D eigenvalue weighted by molar-refractivity contribution is -0.383. The molecule has 2 aromatic heterocycles. The average molecular weight is 378 g/mol. The Labute approximate surface area is 163 Å². The lowest BCUT2D eigenvalue weighted by Gasteiger charge is -2.10. The minimum atomic E-state index is -0.504. The minimum Gasteiger partial charge on any atom is -0.334 e. The van der Waals surface area contributed by atoms with Gasteiger partial charge in [0.25, 0.3) is 0 Å². The first-order chi connectivity index (χ1) is 13.6. The summed E-state index contributed by atoms with van der Waals surface area (Å²) in [6, 6.07) is 11.4. The summed E-state index contributed by atoms with van der Waals surface area (Å²) in [5.74, 6) is 0.685. The summed E-state index contributed by atoms with van der Waals surface area (Å²) in [6.45, 7) is 4.07. The third-order valence-electron chi connectivity index (χ3n) is 4.20. The Morgan fingerprint density at radius 3 is 2.39 bits per heavy atom. The van der Waals surface area contributed by atoms with Crippen molar-refractivity contribution in [1.82, 2.24) is 15.0 Å². The number of hydrogen-bond donors (Lipinski definition) is 2. The highest BCUT2D eigenvalue weighted by atomic mass is 16.6. The molecule has 0 aliphatic rings. The van der Waals surface area contributed by atoms with Crippen LogP contribution in [0, 0.1) is 17.0 Å². The van der Waals surface area contributed by atoms with Crippen LogP contribution in [0.4, 0.5) is 28.8 Å². The summed E-state index contributed by atoms with van der Waals surface area (Å²) in [4.78, 5) is 23.4. The summed E-state index contributed by atoms with van der Waals surface area (Å²) in [5, 5.41) is 17.6. The van der Waals surface area contributed by atoms with Gasteiger partial charge in [0.1, 0.15) is 12.1 Å². The third kappa shape index (κ3) is 4.79. The number of benzene rings is 1. The zero-order valence-electron chi connectivity index (χ0n) is 15.8. The fourth-order valence-electron chi connectivity index (χ4n) is 2.73. The Morgan fingerprint density at radius 1 is 1.04 bits per heavy atom. The first-order valence-corrected chi connectivity index (χ1v) is 9.12. The molecule has 3 aromatic rings. The Bertz CT molecular complexity index is 959. The second-order valence-corrected chi connectivity index (χ2v) is 6.45. The number of anilines is 4. The topological polar surface area (TPSA) is 106 Å². The van der Waals surface area contributed by atoms with E-state index in [1.54, 1.807) is 12.3 Å². The van der Waals surface area contributed by atoms with Crippen molar-refractivity contribution >= 4 is 28.8 Å². The molecule has 8 heteroatoms. The summed E-state index contributed by atoms with van der Waals surface area (Å²) >= 11 is 0. The number of aryl methyl sites for hydroxylation is 2. The molecule has 0 saturated heterocycles. The maximum Gasteiger partial charge on any atom is 0.353 e. The molecule has 28 heavy (non-hydrogen) atoms. The van der Waals surface area contributed by atoms with Gasteiger partial charge in [-0.2, -0.15) is 0 Å². The fourth-order valence-corrected chi connectivity index (χ4v) is 2.73. The zero-order valence-corrected chi connectivity index (χ0v) is 15.8. The molecule has 144 valence electrons. The van der Waals surface area contributed by atoms with Crippen LogP contribution in [0.3, 0.4) is 0 Å². The largest absolute Gasteiger partial charge is 0.353 e. The minimum absolute atomic E-state index is 0.0835. The van der Waals surface area contributed by atoms with E-state index in [1.807, 2.05) is 37.3 Å². The van der Waals surface area contributed by atoms with Crippen molar-refractivity contribution in [1.29, 1.82) is 0 Å². The smallest absolute Gasteiger partial charge is 0.334 e. The maximum absolute atomic E-state index is 11.7. The van der Waals surface area contributed by atoms with Crippen molar-refractivity contribution in [3.63, 3.8) is 0 Å². The third-order valence-corrected chi connectivity index (χ3v) is 4.20. The van der Waals surface area contributed by atoms with Crippen LogP contribution in [0.25, 0.3) is 0 Å². The molecule has 0 amide bonds. The molecular formula is C20H22N6O2. The lowest BCUT2D eigenvalue weighted by Crippen LogP contribution is -2.06. The monoisotopic (exact) mass is 378 g/mol. The van der Waals surface area contributed by atoms with Crippen LogP contribution in [0.15, 0.2) is 48.9 Å². The molecule has 0 saturated carbocycles. The van der Waals surface area contributed by atoms with Gasteiger partial charge in [0, 0.05) is 11.9 Å². The zero-order chi connectivity index (χ0) is 19.9. The molecule has 0 spiro atoms. The molecule has 2 N–H and O–H groups in total. The highest BCUT2D eigenvalue weighted by Gasteiger charge is 2.23. The Hall–Kier alpha value is -3.55. The summed E-state index contributed by atoms with van der Waals surface area (Å²) < 4.78 is 0. The molecule has 0 radical (unpaired) electrons. The molecule has 0 bridgehead atoms. The predicted octanol–water partition coefficient (Wildman–Crippen LogP) is 4.92. The summed E-state index contributed by atoms with van der Waals surface area (Å²) in [6.07, 6.45) is 6.19. The van der Waals surface area contributed by atoms with E-state index in [9.17, 15) is 10.1 Å². The van der Waals surface area contributed by atoms with E-state index in [-0.39, 0.29) is 17.3 Å². The van der Waals surface area contributed by atoms with Gasteiger partial charge in [-0.3, -0.25) is 10.1 Å². The number of pyridine rings is 1. The van der Waals surface area contributed by atoms with E-state index >= 15 is 0 Å². The van der Waals surface area contributed by atoms with Crippen molar-refractivity contribution in [2.24, 2.45) is 0 Å². The molecule has 0 fully saturated rings. The Morgan fingerprint density at radius 2 is 1.75 bits per heavy atom. The van der Waals surface area contributed by atoms with Crippen LogP contribution in [0.2, 0.25) is 0 Å². The number of unbranched alkanes of at least 4 members (excludes halogenated alkanes) is 1. The van der Waals surface area contributed by atoms with Gasteiger partial charge in [-0.05, 0) is 55.2 Å². The Balaban J connectivity index is 1.86. The Kier molecular flexibility index (Phi) is 6.11. The molecule has 0 atom stereocenters. The van der Waals surface area contributed by atoms with Gasteiger partial charge in [-0.15, -0.1) is 0 Å². The van der Waals surface area contributed by atoms with Crippen LogP contribution in [0.5, 0.6) is 0 Å². The number of nitrogens with zero attached hydrogens (tertiary/aromatic N) is 4. The van der Waals surface area contributed by atoms with Crippen molar-refractivity contribution < 1.29 is 4.92 Å². The van der Waals surface area contributed by atoms with E-state index < -0.39 is 4.92 Å². The van der Waals surface area contributed by atoms with Crippen LogP contribution < -0.4 is 10.6 Å². The second kappa shape index (κ2) is 8.90. The molecule has 0 aliphatic carbocycles. The van der Waals surface area contributed by atoms with E-state index in [2.05, 4.69) is 32.5 Å². The summed E-state index contributed by atoms with van der Waals surface area (Å²) in [5.41, 5.74) is 2.70. The van der Waals surface area contributed by atoms with E-state index in [1.165, 1.54) is 11.9 Å². The van der Waals surface area contributed by atoms with Crippen LogP contribution in [-0.4, -0.2) is 19.9 Å². The number of rotatable bonds is 8. The fraction of sp³-hybridized carbons (Fsp3) is 0.250. The molecule has 0 unspecified atom stereocenters. The summed E-state index contributed by atoms with van der Waals surface area (Å²) in [7, 11) is 0. The van der Waals surface area contributed by atoms with E-state index in [0.717, 1.165) is 30.5 Å². The highest BCUT2D eigenvalue weighted by molar-refractivity contribution is 5.76. The maximum atomic E-state index is 11.7. The van der Waals surface area contributed by atoms with Gasteiger partial charge in [-0.1, -0.05) is 25.5 Å². The molecule has 2 heterocycles. The lowest BCUT2D eigenvalue weighted by atomic mass is 10.1. The van der Waals surface area contributed by atoms with Gasteiger partial charge in [-0.25, -0.2) is 15.0 Å². The molecular weight excluding hydrogens is 356 g/mol. The van der Waals surface area contributed by atoms with Gasteiger partial charge in [0.05, 0.1) is 4.92 Å². The molecule has 3 rings (SSSR count). The van der Waals surface area contributed by atoms with Crippen molar-refractivity contribution in [2.75, 3.05) is 10.6 Å². The molecule has 1 aromatic carbocycles. The quantitative estimate of drug-likeness (QED) is 0.423. The van der Waals surface area contributed by atoms with Crippen LogP contribution in [0.1, 0.15) is 30.9 Å². The first kappa shape index (κ1) is 19.2. The number of nitrogens with one attached hydrogen (secondary N) is 2. The molecule has 8 nitrogen and oxygen atoms in total. The van der Waals surface area contributed by atoms with Gasteiger partial charge >= 0.3 is 5.69 Å². The first-order valence-electron chi connectivity index (χ1n) is 9.12. The van der Waals surface area contributed by atoms with E-state index in [0.29, 0.717) is 5.82 Å². The molecule has 0 aliphatic heterocycles.